The molecule has 0 bridgehead atoms. The molecule has 0 saturated carbocycles. The maximum atomic E-state index is 3.56. The Morgan fingerprint density at radius 3 is 2.22 bits per heavy atom. The summed E-state index contributed by atoms with van der Waals surface area (Å²) in [6.07, 6.45) is 5.57. The van der Waals surface area contributed by atoms with Gasteiger partial charge in [-0.1, -0.05) is 18.7 Å². The summed E-state index contributed by atoms with van der Waals surface area (Å²) in [5.41, 5.74) is 0. The quantitative estimate of drug-likeness (QED) is 0.656. The van der Waals surface area contributed by atoms with Crippen molar-refractivity contribution in [3.05, 3.63) is 33.8 Å². The zero-order chi connectivity index (χ0) is 7.28. The molecule has 0 N–H and O–H groups in total. The van der Waals surface area contributed by atoms with Gasteiger partial charge in [-0.3, -0.25) is 0 Å². The third kappa shape index (κ3) is 3.71. The van der Waals surface area contributed by atoms with Crippen LogP contribution in [0.3, 0.4) is 0 Å². The summed E-state index contributed by atoms with van der Waals surface area (Å²) >= 11 is 6.68. The number of hydrogen-bond acceptors (Lipinski definition) is 0. The first-order chi connectivity index (χ1) is 4.22. The fraction of sp³-hybridized carbons (Fsp3) is 0.143. The van der Waals surface area contributed by atoms with Crippen LogP contribution < -0.4 is 0 Å². The second-order valence-electron chi connectivity index (χ2n) is 1.39. The van der Waals surface area contributed by atoms with Crippen molar-refractivity contribution in [1.29, 1.82) is 0 Å². The van der Waals surface area contributed by atoms with E-state index in [1.165, 1.54) is 0 Å². The molecule has 0 aromatic carbocycles. The predicted octanol–water partition coefficient (Wildman–Crippen LogP) is 3.75. The highest BCUT2D eigenvalue weighted by Gasteiger charge is 1.90. The van der Waals surface area contributed by atoms with Gasteiger partial charge >= 0.3 is 0 Å². The standard InChI is InChI=1S/C7H8Br2/c1-3-5-7(9)6(8)4-2/h3-5H,1H2,2H3/b6-4+,7-5+. The largest absolute Gasteiger partial charge is 0.0990 e. The summed E-state index contributed by atoms with van der Waals surface area (Å²) in [5, 5.41) is 0. The van der Waals surface area contributed by atoms with Crippen LogP contribution in [-0.4, -0.2) is 0 Å². The Morgan fingerprint density at radius 2 is 1.89 bits per heavy atom. The molecule has 50 valence electrons. The SMILES string of the molecule is C=C/C=C(Br)\C(Br)=C/C. The van der Waals surface area contributed by atoms with E-state index in [1.807, 2.05) is 19.1 Å². The minimum Gasteiger partial charge on any atom is -0.0990 e. The molecule has 0 rings (SSSR count). The van der Waals surface area contributed by atoms with Gasteiger partial charge in [0.25, 0.3) is 0 Å². The fourth-order valence-electron chi connectivity index (χ4n) is 0.321. The lowest BCUT2D eigenvalue weighted by Gasteiger charge is -1.91. The Bertz CT molecular complexity index is 154. The molecule has 0 spiro atoms. The summed E-state index contributed by atoms with van der Waals surface area (Å²) in [5.74, 6) is 0. The van der Waals surface area contributed by atoms with Crippen LogP contribution in [-0.2, 0) is 0 Å². The zero-order valence-electron chi connectivity index (χ0n) is 5.20. The zero-order valence-corrected chi connectivity index (χ0v) is 8.37. The molecule has 0 fully saturated rings. The number of hydrogen-bond donors (Lipinski definition) is 0. The average molecular weight is 252 g/mol. The Labute approximate surface area is 72.6 Å². The lowest BCUT2D eigenvalue weighted by molar-refractivity contribution is 1.70. The van der Waals surface area contributed by atoms with Gasteiger partial charge in [0.2, 0.25) is 0 Å². The van der Waals surface area contributed by atoms with E-state index in [0.717, 1.165) is 8.96 Å². The lowest BCUT2D eigenvalue weighted by Crippen LogP contribution is -1.66. The Kier molecular flexibility index (Phi) is 5.10. The van der Waals surface area contributed by atoms with Crippen molar-refractivity contribution < 1.29 is 0 Å². The van der Waals surface area contributed by atoms with Crippen molar-refractivity contribution in [1.82, 2.24) is 0 Å². The van der Waals surface area contributed by atoms with E-state index in [0.29, 0.717) is 0 Å². The molecular formula is C7H8Br2. The molecule has 2 heteroatoms. The van der Waals surface area contributed by atoms with Gasteiger partial charge in [0.05, 0.1) is 0 Å². The molecule has 0 aliphatic heterocycles. The lowest BCUT2D eigenvalue weighted by atomic mass is 10.4. The van der Waals surface area contributed by atoms with Gasteiger partial charge in [-0.05, 0) is 44.9 Å². The Morgan fingerprint density at radius 1 is 1.33 bits per heavy atom. The van der Waals surface area contributed by atoms with Crippen LogP contribution in [0, 0.1) is 0 Å². The first-order valence-corrected chi connectivity index (χ1v) is 4.11. The molecule has 0 heterocycles. The topological polar surface area (TPSA) is 0 Å². The van der Waals surface area contributed by atoms with E-state index in [9.17, 15) is 0 Å². The highest BCUT2D eigenvalue weighted by molar-refractivity contribution is 9.15. The van der Waals surface area contributed by atoms with Gasteiger partial charge in [0, 0.05) is 8.96 Å². The molecule has 0 radical (unpaired) electrons. The maximum absolute atomic E-state index is 3.56. The first kappa shape index (κ1) is 9.18. The first-order valence-electron chi connectivity index (χ1n) is 2.52. The second-order valence-corrected chi connectivity index (χ2v) is 3.10. The molecule has 0 unspecified atom stereocenters. The van der Waals surface area contributed by atoms with E-state index in [-0.39, 0.29) is 0 Å². The summed E-state index contributed by atoms with van der Waals surface area (Å²) in [6, 6.07) is 0. The van der Waals surface area contributed by atoms with Crippen LogP contribution in [0.5, 0.6) is 0 Å². The predicted molar refractivity (Wildman–Crippen MR) is 49.9 cm³/mol. The molecular weight excluding hydrogens is 244 g/mol. The van der Waals surface area contributed by atoms with Gasteiger partial charge in [-0.15, -0.1) is 0 Å². The summed E-state index contributed by atoms with van der Waals surface area (Å²) in [6.45, 7) is 5.52. The van der Waals surface area contributed by atoms with Gasteiger partial charge in [-0.25, -0.2) is 0 Å². The molecule has 0 aliphatic carbocycles. The summed E-state index contributed by atoms with van der Waals surface area (Å²) in [7, 11) is 0. The van der Waals surface area contributed by atoms with E-state index in [4.69, 9.17) is 0 Å². The van der Waals surface area contributed by atoms with Crippen LogP contribution in [0.4, 0.5) is 0 Å². The monoisotopic (exact) mass is 250 g/mol. The highest BCUT2D eigenvalue weighted by Crippen LogP contribution is 2.22. The van der Waals surface area contributed by atoms with Crippen LogP contribution in [0.1, 0.15) is 6.92 Å². The molecule has 0 atom stereocenters. The minimum absolute atomic E-state index is 1.01. The minimum atomic E-state index is 1.01. The van der Waals surface area contributed by atoms with Gasteiger partial charge in [0.1, 0.15) is 0 Å². The third-order valence-corrected chi connectivity index (χ3v) is 2.85. The average Bonchev–Trinajstić information content (AvgIpc) is 1.87. The van der Waals surface area contributed by atoms with Crippen molar-refractivity contribution in [3.63, 3.8) is 0 Å². The van der Waals surface area contributed by atoms with Gasteiger partial charge in [0.15, 0.2) is 0 Å². The highest BCUT2D eigenvalue weighted by atomic mass is 79.9. The van der Waals surface area contributed by atoms with Crippen LogP contribution >= 0.6 is 31.9 Å². The van der Waals surface area contributed by atoms with Crippen LogP contribution in [0.2, 0.25) is 0 Å². The van der Waals surface area contributed by atoms with Crippen molar-refractivity contribution >= 4 is 31.9 Å². The molecule has 9 heavy (non-hydrogen) atoms. The number of halogens is 2. The van der Waals surface area contributed by atoms with Crippen LogP contribution in [0.15, 0.2) is 33.8 Å². The van der Waals surface area contributed by atoms with Gasteiger partial charge < -0.3 is 0 Å². The summed E-state index contributed by atoms with van der Waals surface area (Å²) < 4.78 is 2.06. The van der Waals surface area contributed by atoms with Crippen molar-refractivity contribution in [3.8, 4) is 0 Å². The number of rotatable bonds is 2. The van der Waals surface area contributed by atoms with Gasteiger partial charge in [-0.2, -0.15) is 0 Å². The van der Waals surface area contributed by atoms with Crippen LogP contribution in [0.25, 0.3) is 0 Å². The normalized spacial score (nSPS) is 13.7. The fourth-order valence-corrected chi connectivity index (χ4v) is 0.869. The molecule has 0 aromatic rings. The maximum Gasteiger partial charge on any atom is 0.0313 e. The molecule has 0 saturated heterocycles. The van der Waals surface area contributed by atoms with E-state index < -0.39 is 0 Å². The molecule has 0 amide bonds. The Balaban J connectivity index is 4.19. The van der Waals surface area contributed by atoms with E-state index in [1.54, 1.807) is 6.08 Å². The smallest absolute Gasteiger partial charge is 0.0313 e. The van der Waals surface area contributed by atoms with Crippen molar-refractivity contribution in [2.75, 3.05) is 0 Å². The Hall–Kier alpha value is 0.180. The van der Waals surface area contributed by atoms with E-state index in [2.05, 4.69) is 38.4 Å². The molecule has 0 nitrogen and oxygen atoms in total. The van der Waals surface area contributed by atoms with Crippen molar-refractivity contribution in [2.24, 2.45) is 0 Å². The second kappa shape index (κ2) is 5.00. The van der Waals surface area contributed by atoms with Crippen molar-refractivity contribution in [2.45, 2.75) is 6.92 Å². The third-order valence-electron chi connectivity index (χ3n) is 0.746. The molecule has 0 aromatic heterocycles. The molecule has 0 aliphatic rings. The summed E-state index contributed by atoms with van der Waals surface area (Å²) in [4.78, 5) is 0. The number of allylic oxidation sites excluding steroid dienone is 5. The van der Waals surface area contributed by atoms with E-state index >= 15 is 0 Å².